The van der Waals surface area contributed by atoms with Crippen LogP contribution in [0.3, 0.4) is 0 Å². The van der Waals surface area contributed by atoms with Crippen LogP contribution in [-0.2, 0) is 0 Å². The van der Waals surface area contributed by atoms with Gasteiger partial charge in [-0.2, -0.15) is 0 Å². The number of hydrogen-bond acceptors (Lipinski definition) is 3. The monoisotopic (exact) mass is 276 g/mol. The fraction of sp³-hybridized carbons (Fsp3) is 0.562. The van der Waals surface area contributed by atoms with Crippen LogP contribution in [0, 0.1) is 0 Å². The number of rotatable bonds is 4. The maximum Gasteiger partial charge on any atom is 0.415 e. The first-order valence-electron chi connectivity index (χ1n) is 7.43. The minimum Gasteiger partial charge on any atom is -0.410 e. The number of piperidine rings is 1. The van der Waals surface area contributed by atoms with Gasteiger partial charge in [-0.1, -0.05) is 24.6 Å². The van der Waals surface area contributed by atoms with Gasteiger partial charge in [0.1, 0.15) is 5.75 Å². The van der Waals surface area contributed by atoms with Gasteiger partial charge in [0.05, 0.1) is 0 Å². The molecule has 1 N–H and O–H groups in total. The van der Waals surface area contributed by atoms with Gasteiger partial charge in [0.2, 0.25) is 0 Å². The van der Waals surface area contributed by atoms with Gasteiger partial charge < -0.3 is 15.0 Å². The lowest BCUT2D eigenvalue weighted by Gasteiger charge is -2.32. The Bertz CT molecular complexity index is 414. The lowest BCUT2D eigenvalue weighted by Crippen LogP contribution is -2.49. The second-order valence-electron chi connectivity index (χ2n) is 5.57. The fourth-order valence-electron chi connectivity index (χ4n) is 2.46. The standard InChI is InChI=1S/C16H24N2O2/c1-13(2)18(12-14-8-6-7-11-17-14)16(19)20-15-9-4-3-5-10-15/h3-5,9-10,13-14,17H,6-8,11-12H2,1-2H3. The minimum absolute atomic E-state index is 0.134. The topological polar surface area (TPSA) is 41.6 Å². The molecule has 0 spiro atoms. The molecule has 1 aliphatic heterocycles. The number of ether oxygens (including phenoxy) is 1. The van der Waals surface area contributed by atoms with Crippen LogP contribution in [0.5, 0.6) is 5.75 Å². The molecular formula is C16H24N2O2. The first-order valence-corrected chi connectivity index (χ1v) is 7.43. The molecule has 4 heteroatoms. The molecule has 20 heavy (non-hydrogen) atoms. The number of benzene rings is 1. The fourth-order valence-corrected chi connectivity index (χ4v) is 2.46. The highest BCUT2D eigenvalue weighted by Gasteiger charge is 2.24. The number of hydrogen-bond donors (Lipinski definition) is 1. The van der Waals surface area contributed by atoms with E-state index in [1.54, 1.807) is 17.0 Å². The number of carbonyl (C=O) groups is 1. The SMILES string of the molecule is CC(C)N(CC1CCCCN1)C(=O)Oc1ccccc1. The van der Waals surface area contributed by atoms with E-state index >= 15 is 0 Å². The number of nitrogens with one attached hydrogen (secondary N) is 1. The van der Waals surface area contributed by atoms with Crippen LogP contribution in [0.15, 0.2) is 30.3 Å². The quantitative estimate of drug-likeness (QED) is 0.919. The summed E-state index contributed by atoms with van der Waals surface area (Å²) in [5.41, 5.74) is 0. The van der Waals surface area contributed by atoms with E-state index in [-0.39, 0.29) is 12.1 Å². The largest absolute Gasteiger partial charge is 0.415 e. The van der Waals surface area contributed by atoms with Crippen molar-refractivity contribution in [1.29, 1.82) is 0 Å². The number of amides is 1. The van der Waals surface area contributed by atoms with E-state index < -0.39 is 0 Å². The van der Waals surface area contributed by atoms with Gasteiger partial charge >= 0.3 is 6.09 Å². The van der Waals surface area contributed by atoms with Crippen LogP contribution in [0.2, 0.25) is 0 Å². The summed E-state index contributed by atoms with van der Waals surface area (Å²) in [5, 5.41) is 3.47. The molecule has 1 aliphatic rings. The lowest BCUT2D eigenvalue weighted by atomic mass is 10.0. The van der Waals surface area contributed by atoms with Crippen LogP contribution in [0.4, 0.5) is 4.79 Å². The molecule has 1 saturated heterocycles. The Morgan fingerprint density at radius 2 is 2.10 bits per heavy atom. The molecule has 1 amide bonds. The van der Waals surface area contributed by atoms with E-state index in [1.165, 1.54) is 12.8 Å². The van der Waals surface area contributed by atoms with Gasteiger partial charge in [0.25, 0.3) is 0 Å². The molecule has 0 bridgehead atoms. The van der Waals surface area contributed by atoms with Crippen molar-refractivity contribution in [2.45, 2.75) is 45.2 Å². The van der Waals surface area contributed by atoms with Crippen molar-refractivity contribution in [2.24, 2.45) is 0 Å². The second kappa shape index (κ2) is 7.29. The number of nitrogens with zero attached hydrogens (tertiary/aromatic N) is 1. The van der Waals surface area contributed by atoms with E-state index in [0.717, 1.165) is 13.0 Å². The molecule has 110 valence electrons. The zero-order chi connectivity index (χ0) is 14.4. The van der Waals surface area contributed by atoms with Gasteiger partial charge in [-0.05, 0) is 45.4 Å². The van der Waals surface area contributed by atoms with E-state index in [4.69, 9.17) is 4.74 Å². The minimum atomic E-state index is -0.265. The van der Waals surface area contributed by atoms with Crippen molar-refractivity contribution in [2.75, 3.05) is 13.1 Å². The summed E-state index contributed by atoms with van der Waals surface area (Å²) >= 11 is 0. The Morgan fingerprint density at radius 3 is 2.70 bits per heavy atom. The third kappa shape index (κ3) is 4.23. The predicted molar refractivity (Wildman–Crippen MR) is 79.9 cm³/mol. The molecule has 0 saturated carbocycles. The Labute approximate surface area is 121 Å². The molecule has 1 unspecified atom stereocenters. The first-order chi connectivity index (χ1) is 9.66. The molecule has 0 aromatic heterocycles. The maximum atomic E-state index is 12.3. The molecule has 2 rings (SSSR count). The Morgan fingerprint density at radius 1 is 1.35 bits per heavy atom. The molecule has 0 aliphatic carbocycles. The smallest absolute Gasteiger partial charge is 0.410 e. The van der Waals surface area contributed by atoms with Gasteiger partial charge in [-0.3, -0.25) is 0 Å². The molecule has 1 heterocycles. The van der Waals surface area contributed by atoms with Crippen molar-refractivity contribution in [3.63, 3.8) is 0 Å². The van der Waals surface area contributed by atoms with Crippen LogP contribution >= 0.6 is 0 Å². The van der Waals surface area contributed by atoms with E-state index in [9.17, 15) is 4.79 Å². The Kier molecular flexibility index (Phi) is 5.41. The van der Waals surface area contributed by atoms with Gasteiger partial charge in [0.15, 0.2) is 0 Å². The molecule has 0 radical (unpaired) electrons. The Balaban J connectivity index is 1.95. The molecular weight excluding hydrogens is 252 g/mol. The van der Waals surface area contributed by atoms with Crippen molar-refractivity contribution in [3.05, 3.63) is 30.3 Å². The summed E-state index contributed by atoms with van der Waals surface area (Å²) in [5.74, 6) is 0.597. The van der Waals surface area contributed by atoms with Crippen LogP contribution in [0.1, 0.15) is 33.1 Å². The van der Waals surface area contributed by atoms with Crippen molar-refractivity contribution >= 4 is 6.09 Å². The Hall–Kier alpha value is -1.55. The van der Waals surface area contributed by atoms with Crippen LogP contribution in [-0.4, -0.2) is 36.2 Å². The summed E-state index contributed by atoms with van der Waals surface area (Å²) < 4.78 is 5.44. The second-order valence-corrected chi connectivity index (χ2v) is 5.57. The summed E-state index contributed by atoms with van der Waals surface area (Å²) in [6.45, 7) is 5.80. The van der Waals surface area contributed by atoms with Crippen molar-refractivity contribution in [1.82, 2.24) is 10.2 Å². The molecule has 1 fully saturated rings. The van der Waals surface area contributed by atoms with Crippen LogP contribution < -0.4 is 10.1 Å². The average molecular weight is 276 g/mol. The zero-order valence-electron chi connectivity index (χ0n) is 12.3. The van der Waals surface area contributed by atoms with E-state index in [2.05, 4.69) is 5.32 Å². The third-order valence-corrected chi connectivity index (χ3v) is 3.64. The molecule has 4 nitrogen and oxygen atoms in total. The predicted octanol–water partition coefficient (Wildman–Crippen LogP) is 3.04. The van der Waals surface area contributed by atoms with Gasteiger partial charge in [-0.25, -0.2) is 4.79 Å². The maximum absolute atomic E-state index is 12.3. The third-order valence-electron chi connectivity index (χ3n) is 3.64. The highest BCUT2D eigenvalue weighted by Crippen LogP contribution is 2.14. The number of carbonyl (C=O) groups excluding carboxylic acids is 1. The van der Waals surface area contributed by atoms with Crippen LogP contribution in [0.25, 0.3) is 0 Å². The highest BCUT2D eigenvalue weighted by molar-refractivity contribution is 5.71. The van der Waals surface area contributed by atoms with Gasteiger partial charge in [0, 0.05) is 18.6 Å². The molecule has 1 atom stereocenters. The normalized spacial score (nSPS) is 18.9. The lowest BCUT2D eigenvalue weighted by molar-refractivity contribution is 0.129. The molecule has 1 aromatic carbocycles. The van der Waals surface area contributed by atoms with Crippen molar-refractivity contribution < 1.29 is 9.53 Å². The summed E-state index contributed by atoms with van der Waals surface area (Å²) in [7, 11) is 0. The van der Waals surface area contributed by atoms with Crippen molar-refractivity contribution in [3.8, 4) is 5.75 Å². The van der Waals surface area contributed by atoms with Gasteiger partial charge in [-0.15, -0.1) is 0 Å². The summed E-state index contributed by atoms with van der Waals surface area (Å²) in [6, 6.07) is 9.76. The molecule has 1 aromatic rings. The highest BCUT2D eigenvalue weighted by atomic mass is 16.6. The number of para-hydroxylation sites is 1. The first kappa shape index (κ1) is 14.9. The average Bonchev–Trinajstić information content (AvgIpc) is 2.46. The summed E-state index contributed by atoms with van der Waals surface area (Å²) in [4.78, 5) is 14.1. The van der Waals surface area contributed by atoms with E-state index in [0.29, 0.717) is 18.3 Å². The van der Waals surface area contributed by atoms with E-state index in [1.807, 2.05) is 32.0 Å². The summed E-state index contributed by atoms with van der Waals surface area (Å²) in [6.07, 6.45) is 3.32. The zero-order valence-corrected chi connectivity index (χ0v) is 12.3.